The molecule has 0 radical (unpaired) electrons. The van der Waals surface area contributed by atoms with E-state index in [-0.39, 0.29) is 12.5 Å². The zero-order valence-corrected chi connectivity index (χ0v) is 22.3. The number of hydrogen-bond acceptors (Lipinski definition) is 6. The first kappa shape index (κ1) is 25.5. The number of halogens is 1. The quantitative estimate of drug-likeness (QED) is 0.307. The molecule has 0 aliphatic carbocycles. The highest BCUT2D eigenvalue weighted by atomic mass is 79.9. The molecule has 0 unspecified atom stereocenters. The number of carbonyl (C=O) groups excluding carboxylic acids is 1. The monoisotopic (exact) mass is 561 g/mol. The summed E-state index contributed by atoms with van der Waals surface area (Å²) in [5.74, 6) is 0.876. The van der Waals surface area contributed by atoms with Gasteiger partial charge in [0.2, 0.25) is 0 Å². The summed E-state index contributed by atoms with van der Waals surface area (Å²) >= 11 is 4.87. The van der Waals surface area contributed by atoms with Gasteiger partial charge in [-0.15, -0.1) is 0 Å². The largest absolute Gasteiger partial charge is 0.490 e. The molecule has 3 aromatic carbocycles. The predicted molar refractivity (Wildman–Crippen MR) is 147 cm³/mol. The minimum atomic E-state index is -0.202. The average molecular weight is 562 g/mol. The maximum absolute atomic E-state index is 12.6. The minimum absolute atomic E-state index is 0.202. The van der Waals surface area contributed by atoms with Gasteiger partial charge in [-0.05, 0) is 88.6 Å². The molecule has 1 N–H and O–H groups in total. The van der Waals surface area contributed by atoms with Crippen LogP contribution in [0.4, 0.5) is 5.69 Å². The highest BCUT2D eigenvalue weighted by molar-refractivity contribution is 9.10. The van der Waals surface area contributed by atoms with Crippen LogP contribution in [0.1, 0.15) is 36.1 Å². The Labute approximate surface area is 223 Å². The van der Waals surface area contributed by atoms with Gasteiger partial charge in [0.05, 0.1) is 33.3 Å². The topological polar surface area (TPSA) is 83.7 Å². The number of carbonyl (C=O) groups is 1. The van der Waals surface area contributed by atoms with Crippen LogP contribution in [0.5, 0.6) is 11.5 Å². The van der Waals surface area contributed by atoms with Gasteiger partial charge in [0.25, 0.3) is 5.91 Å². The van der Waals surface area contributed by atoms with Crippen molar-refractivity contribution >= 4 is 50.5 Å². The molecule has 1 heterocycles. The molecule has 8 heteroatoms. The van der Waals surface area contributed by atoms with Crippen molar-refractivity contribution in [3.8, 4) is 17.6 Å². The fourth-order valence-electron chi connectivity index (χ4n) is 3.53. The third-order valence-electron chi connectivity index (χ3n) is 5.37. The Balaban J connectivity index is 1.55. The Bertz CT molecular complexity index is 1380. The highest BCUT2D eigenvalue weighted by Gasteiger charge is 2.24. The summed E-state index contributed by atoms with van der Waals surface area (Å²) in [6, 6.07) is 21.2. The highest BCUT2D eigenvalue weighted by Crippen LogP contribution is 2.39. The van der Waals surface area contributed by atoms with Crippen LogP contribution in [0, 0.1) is 11.3 Å². The van der Waals surface area contributed by atoms with Gasteiger partial charge in [-0.2, -0.15) is 5.26 Å². The van der Waals surface area contributed by atoms with E-state index in [2.05, 4.69) is 39.2 Å². The molecule has 36 heavy (non-hydrogen) atoms. The number of nitriles is 1. The Morgan fingerprint density at radius 1 is 1.11 bits per heavy atom. The molecule has 6 nitrogen and oxygen atoms in total. The smallest absolute Gasteiger partial charge is 0.264 e. The van der Waals surface area contributed by atoms with Crippen LogP contribution in [-0.2, 0) is 17.8 Å². The average Bonchev–Trinajstić information content (AvgIpc) is 3.22. The normalized spacial score (nSPS) is 15.1. The maximum atomic E-state index is 12.6. The number of nitrogens with one attached hydrogen (secondary N) is 1. The zero-order chi connectivity index (χ0) is 25.5. The number of hydrogen-bond donors (Lipinski definition) is 1. The summed E-state index contributed by atoms with van der Waals surface area (Å²) in [7, 11) is 0. The van der Waals surface area contributed by atoms with E-state index >= 15 is 0 Å². The predicted octanol–water partition coefficient (Wildman–Crippen LogP) is 6.75. The fourth-order valence-corrected chi connectivity index (χ4v) is 4.95. The number of nitrogens with zero attached hydrogens (tertiary/aromatic N) is 2. The maximum Gasteiger partial charge on any atom is 0.264 e. The van der Waals surface area contributed by atoms with Gasteiger partial charge in [-0.1, -0.05) is 37.3 Å². The van der Waals surface area contributed by atoms with E-state index < -0.39 is 0 Å². The lowest BCUT2D eigenvalue weighted by atomic mass is 10.1. The van der Waals surface area contributed by atoms with E-state index in [4.69, 9.17) is 9.47 Å². The molecule has 1 saturated heterocycles. The molecule has 0 atom stereocenters. The van der Waals surface area contributed by atoms with Gasteiger partial charge in [0.15, 0.2) is 16.7 Å². The molecular weight excluding hydrogens is 538 g/mol. The summed E-state index contributed by atoms with van der Waals surface area (Å²) < 4.78 is 12.6. The summed E-state index contributed by atoms with van der Waals surface area (Å²) in [5.41, 5.74) is 4.16. The molecule has 0 saturated carbocycles. The first-order chi connectivity index (χ1) is 17.5. The first-order valence-electron chi connectivity index (χ1n) is 11.5. The van der Waals surface area contributed by atoms with Gasteiger partial charge < -0.3 is 14.8 Å². The van der Waals surface area contributed by atoms with Crippen LogP contribution in [0.15, 0.2) is 75.0 Å². The number of amidine groups is 1. The van der Waals surface area contributed by atoms with Gasteiger partial charge in [0.1, 0.15) is 6.61 Å². The zero-order valence-electron chi connectivity index (χ0n) is 19.9. The summed E-state index contributed by atoms with van der Waals surface area (Å²) in [4.78, 5) is 17.7. The Morgan fingerprint density at radius 2 is 1.89 bits per heavy atom. The Kier molecular flexibility index (Phi) is 8.47. The van der Waals surface area contributed by atoms with E-state index in [0.29, 0.717) is 38.2 Å². The first-order valence-corrected chi connectivity index (χ1v) is 13.1. The van der Waals surface area contributed by atoms with Crippen LogP contribution >= 0.6 is 27.7 Å². The molecule has 1 fully saturated rings. The second kappa shape index (κ2) is 11.9. The molecule has 0 spiro atoms. The summed E-state index contributed by atoms with van der Waals surface area (Å²) in [6.07, 6.45) is 2.76. The molecule has 4 rings (SSSR count). The second-order valence-electron chi connectivity index (χ2n) is 7.82. The number of thioether (sulfide) groups is 1. The molecular formula is C28H24BrN3O3S. The van der Waals surface area contributed by atoms with E-state index in [0.717, 1.165) is 23.2 Å². The molecule has 0 bridgehead atoms. The molecule has 0 aromatic heterocycles. The van der Waals surface area contributed by atoms with E-state index in [1.165, 1.54) is 17.3 Å². The van der Waals surface area contributed by atoms with Gasteiger partial charge >= 0.3 is 0 Å². The van der Waals surface area contributed by atoms with Crippen molar-refractivity contribution in [1.29, 1.82) is 5.26 Å². The Morgan fingerprint density at radius 3 is 2.61 bits per heavy atom. The number of rotatable bonds is 8. The lowest BCUT2D eigenvalue weighted by Crippen LogP contribution is -2.19. The minimum Gasteiger partial charge on any atom is -0.490 e. The molecule has 1 amide bonds. The lowest BCUT2D eigenvalue weighted by molar-refractivity contribution is -0.115. The SMILES string of the molecule is CCOc1cc(C=C2SC(=Nc3ccc(CC)cc3)NC2=O)cc(Br)c1OCc1ccccc1C#N. The standard InChI is InChI=1S/C28H24BrN3O3S/c1-3-18-9-11-22(12-10-18)31-28-32-27(33)25(36-28)15-19-13-23(29)26(24(14-19)34-4-2)35-17-21-8-6-5-7-20(21)16-30/h5-15H,3-4,17H2,1-2H3,(H,31,32,33). The fraction of sp³-hybridized carbons (Fsp3) is 0.179. The van der Waals surface area contributed by atoms with Crippen molar-refractivity contribution in [2.45, 2.75) is 26.9 Å². The van der Waals surface area contributed by atoms with E-state index in [1.54, 1.807) is 12.1 Å². The number of aryl methyl sites for hydroxylation is 1. The third kappa shape index (κ3) is 6.17. The van der Waals surface area contributed by atoms with E-state index in [9.17, 15) is 10.1 Å². The number of aliphatic imine (C=N–C) groups is 1. The van der Waals surface area contributed by atoms with Crippen LogP contribution in [-0.4, -0.2) is 17.7 Å². The molecule has 1 aliphatic rings. The van der Waals surface area contributed by atoms with Gasteiger partial charge in [-0.3, -0.25) is 4.79 Å². The molecule has 182 valence electrons. The third-order valence-corrected chi connectivity index (χ3v) is 6.86. The van der Waals surface area contributed by atoms with Crippen molar-refractivity contribution in [3.05, 3.63) is 92.3 Å². The van der Waals surface area contributed by atoms with Crippen molar-refractivity contribution in [2.24, 2.45) is 4.99 Å². The molecule has 3 aromatic rings. The Hall–Kier alpha value is -3.54. The molecule has 1 aliphatic heterocycles. The van der Waals surface area contributed by atoms with Crippen molar-refractivity contribution in [3.63, 3.8) is 0 Å². The van der Waals surface area contributed by atoms with Gasteiger partial charge in [-0.25, -0.2) is 4.99 Å². The number of benzene rings is 3. The lowest BCUT2D eigenvalue weighted by Gasteiger charge is -2.15. The van der Waals surface area contributed by atoms with Crippen LogP contribution < -0.4 is 14.8 Å². The van der Waals surface area contributed by atoms with Crippen LogP contribution in [0.25, 0.3) is 6.08 Å². The number of ether oxygens (including phenoxy) is 2. The van der Waals surface area contributed by atoms with Crippen molar-refractivity contribution in [1.82, 2.24) is 5.32 Å². The number of amides is 1. The van der Waals surface area contributed by atoms with Gasteiger partial charge in [0, 0.05) is 5.56 Å². The summed E-state index contributed by atoms with van der Waals surface area (Å²) in [6.45, 7) is 4.66. The summed E-state index contributed by atoms with van der Waals surface area (Å²) in [5, 5.41) is 12.7. The second-order valence-corrected chi connectivity index (χ2v) is 9.71. The van der Waals surface area contributed by atoms with Crippen LogP contribution in [0.3, 0.4) is 0 Å². The van der Waals surface area contributed by atoms with Crippen molar-refractivity contribution < 1.29 is 14.3 Å². The van der Waals surface area contributed by atoms with Crippen molar-refractivity contribution in [2.75, 3.05) is 6.61 Å². The van der Waals surface area contributed by atoms with Crippen LogP contribution in [0.2, 0.25) is 0 Å². The van der Waals surface area contributed by atoms with E-state index in [1.807, 2.05) is 61.5 Å².